The Morgan fingerprint density at radius 1 is 1.24 bits per heavy atom. The molecule has 1 heterocycles. The van der Waals surface area contributed by atoms with Crippen LogP contribution in [0.15, 0.2) is 18.1 Å². The third-order valence-corrected chi connectivity index (χ3v) is 3.28. The van der Waals surface area contributed by atoms with Gasteiger partial charge in [-0.25, -0.2) is 4.39 Å². The Bertz CT molecular complexity index is 614. The normalized spacial score (nSPS) is 27.7. The fourth-order valence-electron chi connectivity index (χ4n) is 1.52. The van der Waals surface area contributed by atoms with Crippen molar-refractivity contribution in [1.82, 2.24) is 0 Å². The lowest BCUT2D eigenvalue weighted by atomic mass is 9.78. The van der Waals surface area contributed by atoms with Gasteiger partial charge in [-0.3, -0.25) is 0 Å². The first kappa shape index (κ1) is 6.91. The topological polar surface area (TPSA) is 18.5 Å². The second-order valence-corrected chi connectivity index (χ2v) is 5.07. The summed E-state index contributed by atoms with van der Waals surface area (Å²) in [7, 11) is -1.27. The minimum Gasteiger partial charge on any atom is -0.399 e. The summed E-state index contributed by atoms with van der Waals surface area (Å²) in [5.74, 6) is -1.20. The number of halogens is 1. The molecule has 0 bridgehead atoms. The van der Waals surface area contributed by atoms with Crippen LogP contribution in [-0.4, -0.2) is 18.3 Å². The van der Waals surface area contributed by atoms with Gasteiger partial charge in [0.05, 0.1) is 15.3 Å². The van der Waals surface area contributed by atoms with E-state index < -0.39 is 60.1 Å². The Balaban J connectivity index is 2.64. The van der Waals surface area contributed by atoms with Crippen molar-refractivity contribution in [2.45, 2.75) is 45.7 Å². The summed E-state index contributed by atoms with van der Waals surface area (Å²) in [6.45, 7) is 4.13. The van der Waals surface area contributed by atoms with Crippen LogP contribution in [0.1, 0.15) is 41.5 Å². The van der Waals surface area contributed by atoms with Gasteiger partial charge in [-0.05, 0) is 46.2 Å². The summed E-state index contributed by atoms with van der Waals surface area (Å²) >= 11 is 0. The van der Waals surface area contributed by atoms with Gasteiger partial charge >= 0.3 is 7.12 Å². The van der Waals surface area contributed by atoms with Crippen LogP contribution in [0.5, 0.6) is 0 Å². The van der Waals surface area contributed by atoms with Crippen LogP contribution in [0.25, 0.3) is 0 Å². The van der Waals surface area contributed by atoms with Gasteiger partial charge in [0, 0.05) is 9.58 Å². The molecular formula is C13H18BFO2. The smallest absolute Gasteiger partial charge is 0.399 e. The van der Waals surface area contributed by atoms with E-state index >= 15 is 0 Å². The molecule has 17 heavy (non-hydrogen) atoms. The number of benzene rings is 1. The van der Waals surface area contributed by atoms with Crippen LogP contribution in [0.3, 0.4) is 0 Å². The van der Waals surface area contributed by atoms with Crippen LogP contribution in [0, 0.1) is 12.7 Å². The quantitative estimate of drug-likeness (QED) is 0.704. The van der Waals surface area contributed by atoms with E-state index in [-0.39, 0.29) is 0 Å². The fourth-order valence-corrected chi connectivity index (χ4v) is 1.52. The molecule has 1 aromatic carbocycles. The SMILES string of the molecule is [2H]c1c([2H])c(C([2H])([2H])[2H])c([2H])c(F)c1B1OC(C)(C)C(C)(C)O1. The predicted molar refractivity (Wildman–Crippen MR) is 66.9 cm³/mol. The van der Waals surface area contributed by atoms with Crippen molar-refractivity contribution in [2.75, 3.05) is 0 Å². The predicted octanol–water partition coefficient (Wildman–Crippen LogP) is 2.43. The second-order valence-electron chi connectivity index (χ2n) is 5.07. The minimum atomic E-state index is -2.85. The van der Waals surface area contributed by atoms with Gasteiger partial charge in [0.25, 0.3) is 0 Å². The Kier molecular flexibility index (Phi) is 1.55. The van der Waals surface area contributed by atoms with Crippen LogP contribution < -0.4 is 5.46 Å². The van der Waals surface area contributed by atoms with E-state index in [1.807, 2.05) is 0 Å². The lowest BCUT2D eigenvalue weighted by Crippen LogP contribution is -2.41. The van der Waals surface area contributed by atoms with Crippen LogP contribution in [0.4, 0.5) is 4.39 Å². The Hall–Kier alpha value is -0.865. The zero-order valence-corrected chi connectivity index (χ0v) is 10.3. The molecule has 0 aromatic heterocycles. The molecule has 0 amide bonds. The minimum absolute atomic E-state index is 0.411. The molecule has 1 saturated heterocycles. The average Bonchev–Trinajstić information content (AvgIpc) is 2.54. The van der Waals surface area contributed by atoms with Crippen molar-refractivity contribution < 1.29 is 21.9 Å². The average molecular weight is 242 g/mol. The highest BCUT2D eigenvalue weighted by atomic mass is 19.1. The molecule has 2 nitrogen and oxygen atoms in total. The molecule has 1 aromatic rings. The number of rotatable bonds is 1. The third-order valence-electron chi connectivity index (χ3n) is 3.28. The monoisotopic (exact) mass is 242 g/mol. The fraction of sp³-hybridized carbons (Fsp3) is 0.538. The molecule has 92 valence electrons. The molecule has 1 fully saturated rings. The van der Waals surface area contributed by atoms with E-state index in [1.54, 1.807) is 27.7 Å². The Morgan fingerprint density at radius 3 is 2.35 bits per heavy atom. The van der Waals surface area contributed by atoms with Gasteiger partial charge in [-0.15, -0.1) is 0 Å². The van der Waals surface area contributed by atoms with Gasteiger partial charge in [0.15, 0.2) is 0 Å². The van der Waals surface area contributed by atoms with Crippen LogP contribution in [0.2, 0.25) is 0 Å². The lowest BCUT2D eigenvalue weighted by molar-refractivity contribution is 0.00578. The number of hydrogen-bond donors (Lipinski definition) is 0. The summed E-state index contributed by atoms with van der Waals surface area (Å²) in [6, 6.07) is -2.26. The molecule has 1 aliphatic heterocycles. The molecule has 0 saturated carbocycles. The molecule has 0 atom stereocenters. The maximum Gasteiger partial charge on any atom is 0.497 e. The maximum atomic E-state index is 14.6. The van der Waals surface area contributed by atoms with Crippen molar-refractivity contribution in [3.63, 3.8) is 0 Å². The third kappa shape index (κ3) is 2.12. The van der Waals surface area contributed by atoms with Crippen molar-refractivity contribution >= 4 is 12.6 Å². The highest BCUT2D eigenvalue weighted by Gasteiger charge is 2.52. The summed E-state index contributed by atoms with van der Waals surface area (Å²) < 4.78 is 71.5. The van der Waals surface area contributed by atoms with Crippen molar-refractivity contribution in [1.29, 1.82) is 0 Å². The molecule has 1 aliphatic rings. The highest BCUT2D eigenvalue weighted by Crippen LogP contribution is 2.36. The zero-order valence-electron chi connectivity index (χ0n) is 16.3. The first-order valence-electron chi connectivity index (χ1n) is 8.36. The highest BCUT2D eigenvalue weighted by molar-refractivity contribution is 6.62. The van der Waals surface area contributed by atoms with Gasteiger partial charge in [-0.2, -0.15) is 0 Å². The molecule has 0 unspecified atom stereocenters. The zero-order chi connectivity index (χ0) is 18.0. The van der Waals surface area contributed by atoms with Crippen molar-refractivity contribution in [3.8, 4) is 0 Å². The summed E-state index contributed by atoms with van der Waals surface area (Å²) in [5.41, 5.74) is -2.76. The maximum absolute atomic E-state index is 14.6. The summed E-state index contributed by atoms with van der Waals surface area (Å²) in [4.78, 5) is 0. The Morgan fingerprint density at radius 2 is 1.82 bits per heavy atom. The van der Waals surface area contributed by atoms with Gasteiger partial charge in [-0.1, -0.05) is 12.1 Å². The Labute approximate surface area is 111 Å². The molecule has 4 heteroatoms. The van der Waals surface area contributed by atoms with Gasteiger partial charge in [0.1, 0.15) is 5.82 Å². The molecule has 0 radical (unpaired) electrons. The van der Waals surface area contributed by atoms with E-state index in [9.17, 15) is 4.39 Å². The number of hydrogen-bond acceptors (Lipinski definition) is 2. The van der Waals surface area contributed by atoms with E-state index in [2.05, 4.69) is 0 Å². The van der Waals surface area contributed by atoms with Gasteiger partial charge < -0.3 is 9.31 Å². The molecule has 2 rings (SSSR count). The molecular weight excluding hydrogens is 218 g/mol. The van der Waals surface area contributed by atoms with Crippen LogP contribution >= 0.6 is 0 Å². The van der Waals surface area contributed by atoms with Crippen LogP contribution in [-0.2, 0) is 9.31 Å². The lowest BCUT2D eigenvalue weighted by Gasteiger charge is -2.32. The summed E-state index contributed by atoms with van der Waals surface area (Å²) in [6.07, 6.45) is 0. The molecule has 0 spiro atoms. The van der Waals surface area contributed by atoms with E-state index in [1.165, 1.54) is 0 Å². The van der Waals surface area contributed by atoms with Gasteiger partial charge in [0.2, 0.25) is 0 Å². The van der Waals surface area contributed by atoms with E-state index in [0.29, 0.717) is 0 Å². The second kappa shape index (κ2) is 3.82. The summed E-state index contributed by atoms with van der Waals surface area (Å²) in [5, 5.41) is 0. The molecule has 0 aliphatic carbocycles. The van der Waals surface area contributed by atoms with Crippen molar-refractivity contribution in [3.05, 3.63) is 29.5 Å². The first-order valence-corrected chi connectivity index (χ1v) is 5.36. The van der Waals surface area contributed by atoms with E-state index in [4.69, 9.17) is 17.5 Å². The molecule has 0 N–H and O–H groups in total. The largest absolute Gasteiger partial charge is 0.497 e. The van der Waals surface area contributed by atoms with E-state index in [0.717, 1.165) is 0 Å². The first-order chi connectivity index (χ1) is 10.2. The van der Waals surface area contributed by atoms with Crippen molar-refractivity contribution in [2.24, 2.45) is 0 Å². The standard InChI is InChI=1S/C13H18BFO2/c1-9-6-7-10(11(15)8-9)14-16-12(2,3)13(4,5)17-14/h6-8H,1-5H3/i1D3,6D,7D,8D.